The van der Waals surface area contributed by atoms with E-state index in [0.717, 1.165) is 36.2 Å². The molecule has 106 valence electrons. The maximum Gasteiger partial charge on any atom is 0.129 e. The quantitative estimate of drug-likeness (QED) is 0.829. The summed E-state index contributed by atoms with van der Waals surface area (Å²) in [7, 11) is 0. The molecule has 2 rings (SSSR count). The lowest BCUT2D eigenvalue weighted by atomic mass is 10.2. The van der Waals surface area contributed by atoms with Crippen LogP contribution in [0.4, 0.5) is 5.82 Å². The summed E-state index contributed by atoms with van der Waals surface area (Å²) in [5.74, 6) is 1.70. The van der Waals surface area contributed by atoms with E-state index < -0.39 is 0 Å². The number of hydrogen-bond donors (Lipinski definition) is 1. The van der Waals surface area contributed by atoms with Crippen LogP contribution in [0.15, 0.2) is 12.1 Å². The summed E-state index contributed by atoms with van der Waals surface area (Å²) in [6.07, 6.45) is 2.58. The van der Waals surface area contributed by atoms with Crippen molar-refractivity contribution in [2.24, 2.45) is 5.92 Å². The third kappa shape index (κ3) is 4.08. The molecule has 1 saturated carbocycles. The number of nitrogens with one attached hydrogen (secondary N) is 1. The van der Waals surface area contributed by atoms with Gasteiger partial charge in [0.2, 0.25) is 0 Å². The van der Waals surface area contributed by atoms with Gasteiger partial charge in [0.05, 0.1) is 10.7 Å². The van der Waals surface area contributed by atoms with Crippen LogP contribution < -0.4 is 10.2 Å². The van der Waals surface area contributed by atoms with Crippen LogP contribution in [0.25, 0.3) is 0 Å². The highest BCUT2D eigenvalue weighted by Gasteiger charge is 2.29. The zero-order chi connectivity index (χ0) is 13.8. The molecule has 1 aliphatic rings. The molecule has 4 heteroatoms. The first-order valence-corrected chi connectivity index (χ1v) is 7.62. The second-order valence-electron chi connectivity index (χ2n) is 5.64. The van der Waals surface area contributed by atoms with Crippen LogP contribution in [0.3, 0.4) is 0 Å². The van der Waals surface area contributed by atoms with E-state index in [1.807, 2.05) is 12.1 Å². The highest BCUT2D eigenvalue weighted by atomic mass is 35.5. The zero-order valence-corrected chi connectivity index (χ0v) is 12.9. The van der Waals surface area contributed by atoms with Gasteiger partial charge < -0.3 is 10.2 Å². The predicted octanol–water partition coefficient (Wildman–Crippen LogP) is 3.47. The van der Waals surface area contributed by atoms with E-state index >= 15 is 0 Å². The van der Waals surface area contributed by atoms with Crippen LogP contribution in [0.5, 0.6) is 0 Å². The Labute approximate surface area is 121 Å². The molecule has 1 aliphatic carbocycles. The lowest BCUT2D eigenvalue weighted by Crippen LogP contribution is -2.27. The average Bonchev–Trinajstić information content (AvgIpc) is 3.18. The minimum Gasteiger partial charge on any atom is -0.354 e. The number of rotatable bonds is 7. The molecule has 3 nitrogen and oxygen atoms in total. The molecule has 0 radical (unpaired) electrons. The van der Waals surface area contributed by atoms with E-state index in [9.17, 15) is 0 Å². The second-order valence-corrected chi connectivity index (χ2v) is 6.05. The van der Waals surface area contributed by atoms with Gasteiger partial charge in [-0.3, -0.25) is 0 Å². The first-order valence-electron chi connectivity index (χ1n) is 7.24. The van der Waals surface area contributed by atoms with Crippen molar-refractivity contribution in [2.75, 3.05) is 18.0 Å². The Bertz CT molecular complexity index is 416. The van der Waals surface area contributed by atoms with Gasteiger partial charge >= 0.3 is 0 Å². The van der Waals surface area contributed by atoms with Crippen molar-refractivity contribution >= 4 is 17.4 Å². The molecule has 0 atom stereocenters. The summed E-state index contributed by atoms with van der Waals surface area (Å²) in [5, 5.41) is 4.16. The van der Waals surface area contributed by atoms with E-state index in [2.05, 4.69) is 31.0 Å². The van der Waals surface area contributed by atoms with Crippen LogP contribution >= 0.6 is 11.6 Å². The van der Waals surface area contributed by atoms with Gasteiger partial charge in [0, 0.05) is 19.1 Å². The van der Waals surface area contributed by atoms with Crippen molar-refractivity contribution in [1.82, 2.24) is 10.3 Å². The van der Waals surface area contributed by atoms with Gasteiger partial charge in [0.25, 0.3) is 0 Å². The van der Waals surface area contributed by atoms with Crippen molar-refractivity contribution in [3.05, 3.63) is 22.8 Å². The zero-order valence-electron chi connectivity index (χ0n) is 12.1. The van der Waals surface area contributed by atoms with Crippen LogP contribution in [-0.4, -0.2) is 24.1 Å². The largest absolute Gasteiger partial charge is 0.354 e. The Morgan fingerprint density at radius 1 is 1.42 bits per heavy atom. The molecule has 0 unspecified atom stereocenters. The van der Waals surface area contributed by atoms with Crippen molar-refractivity contribution in [2.45, 2.75) is 46.2 Å². The van der Waals surface area contributed by atoms with E-state index in [-0.39, 0.29) is 0 Å². The van der Waals surface area contributed by atoms with Crippen LogP contribution in [0, 0.1) is 5.92 Å². The molecule has 1 aromatic heterocycles. The highest BCUT2D eigenvalue weighted by molar-refractivity contribution is 6.31. The van der Waals surface area contributed by atoms with E-state index in [4.69, 9.17) is 16.6 Å². The maximum atomic E-state index is 6.23. The van der Waals surface area contributed by atoms with Gasteiger partial charge in [-0.05, 0) is 44.4 Å². The number of aromatic nitrogens is 1. The first-order chi connectivity index (χ1) is 9.11. The fourth-order valence-corrected chi connectivity index (χ4v) is 2.40. The molecule has 1 heterocycles. The average molecular weight is 282 g/mol. The van der Waals surface area contributed by atoms with Crippen molar-refractivity contribution < 1.29 is 0 Å². The van der Waals surface area contributed by atoms with Gasteiger partial charge in [-0.1, -0.05) is 25.4 Å². The topological polar surface area (TPSA) is 28.2 Å². The van der Waals surface area contributed by atoms with Gasteiger partial charge in [-0.25, -0.2) is 4.98 Å². The van der Waals surface area contributed by atoms with E-state index in [1.165, 1.54) is 12.8 Å². The smallest absolute Gasteiger partial charge is 0.129 e. The summed E-state index contributed by atoms with van der Waals surface area (Å²) in [4.78, 5) is 7.11. The lowest BCUT2D eigenvalue weighted by Gasteiger charge is -2.22. The Hall–Kier alpha value is -0.800. The number of hydrogen-bond acceptors (Lipinski definition) is 3. The van der Waals surface area contributed by atoms with E-state index in [0.29, 0.717) is 12.0 Å². The molecule has 1 aromatic rings. The van der Waals surface area contributed by atoms with Crippen molar-refractivity contribution in [3.63, 3.8) is 0 Å². The third-order valence-electron chi connectivity index (χ3n) is 3.37. The SMILES string of the molecule is CCN(c1ccc(Cl)c(CNCC(C)C)n1)C1CC1. The van der Waals surface area contributed by atoms with Crippen molar-refractivity contribution in [3.8, 4) is 0 Å². The first kappa shape index (κ1) is 14.6. The Kier molecular flexibility index (Phi) is 5.06. The fraction of sp³-hybridized carbons (Fsp3) is 0.667. The van der Waals surface area contributed by atoms with Gasteiger partial charge in [0.15, 0.2) is 0 Å². The Morgan fingerprint density at radius 2 is 2.16 bits per heavy atom. The number of halogens is 1. The molecule has 0 bridgehead atoms. The summed E-state index contributed by atoms with van der Waals surface area (Å²) in [6, 6.07) is 4.70. The molecular weight excluding hydrogens is 258 g/mol. The molecular formula is C15H24ClN3. The van der Waals surface area contributed by atoms with Crippen molar-refractivity contribution in [1.29, 1.82) is 0 Å². The number of pyridine rings is 1. The van der Waals surface area contributed by atoms with Crippen LogP contribution in [-0.2, 0) is 6.54 Å². The molecule has 0 saturated heterocycles. The summed E-state index contributed by atoms with van der Waals surface area (Å²) in [5.41, 5.74) is 0.957. The minimum atomic E-state index is 0.639. The summed E-state index contributed by atoms with van der Waals surface area (Å²) in [6.45, 7) is 9.33. The molecule has 0 aromatic carbocycles. The monoisotopic (exact) mass is 281 g/mol. The van der Waals surface area contributed by atoms with E-state index in [1.54, 1.807) is 0 Å². The Morgan fingerprint density at radius 3 is 2.74 bits per heavy atom. The third-order valence-corrected chi connectivity index (χ3v) is 3.72. The van der Waals surface area contributed by atoms with Crippen LogP contribution in [0.2, 0.25) is 5.02 Å². The standard InChI is InChI=1S/C15H24ClN3/c1-4-19(12-5-6-12)15-8-7-13(16)14(18-15)10-17-9-11(2)3/h7-8,11-12,17H,4-6,9-10H2,1-3H3. The summed E-state index contributed by atoms with van der Waals surface area (Å²) < 4.78 is 0. The molecule has 19 heavy (non-hydrogen) atoms. The maximum absolute atomic E-state index is 6.23. The Balaban J connectivity index is 2.05. The fourth-order valence-electron chi connectivity index (χ4n) is 2.23. The minimum absolute atomic E-state index is 0.639. The van der Waals surface area contributed by atoms with Gasteiger partial charge in [0.1, 0.15) is 5.82 Å². The highest BCUT2D eigenvalue weighted by Crippen LogP contribution is 2.31. The molecule has 1 fully saturated rings. The normalized spacial score (nSPS) is 15.0. The second kappa shape index (κ2) is 6.58. The van der Waals surface area contributed by atoms with Crippen LogP contribution in [0.1, 0.15) is 39.3 Å². The molecule has 0 aliphatic heterocycles. The molecule has 0 spiro atoms. The predicted molar refractivity (Wildman–Crippen MR) is 81.8 cm³/mol. The lowest BCUT2D eigenvalue weighted by molar-refractivity contribution is 0.548. The molecule has 1 N–H and O–H groups in total. The molecule has 0 amide bonds. The number of anilines is 1. The van der Waals surface area contributed by atoms with Gasteiger partial charge in [-0.2, -0.15) is 0 Å². The summed E-state index contributed by atoms with van der Waals surface area (Å²) >= 11 is 6.23. The van der Waals surface area contributed by atoms with Gasteiger partial charge in [-0.15, -0.1) is 0 Å². The number of nitrogens with zero attached hydrogens (tertiary/aromatic N) is 2.